The van der Waals surface area contributed by atoms with Crippen LogP contribution in [-0.2, 0) is 21.2 Å². The smallest absolute Gasteiger partial charge is 0.240 e. The van der Waals surface area contributed by atoms with E-state index in [4.69, 9.17) is 4.74 Å². The molecule has 6 nitrogen and oxygen atoms in total. The van der Waals surface area contributed by atoms with Crippen LogP contribution >= 0.6 is 0 Å². The zero-order valence-corrected chi connectivity index (χ0v) is 15.3. The van der Waals surface area contributed by atoms with Gasteiger partial charge in [0.25, 0.3) is 0 Å². The van der Waals surface area contributed by atoms with Crippen LogP contribution in [0.5, 0.6) is 5.75 Å². The van der Waals surface area contributed by atoms with Crippen molar-refractivity contribution in [3.63, 3.8) is 0 Å². The molecular weight excluding hydrogens is 340 g/mol. The van der Waals surface area contributed by atoms with Gasteiger partial charge >= 0.3 is 0 Å². The number of nitrogens with one attached hydrogen (secondary N) is 2. The van der Waals surface area contributed by atoms with Crippen molar-refractivity contribution in [1.82, 2.24) is 4.72 Å². The van der Waals surface area contributed by atoms with Crippen molar-refractivity contribution in [3.05, 3.63) is 53.6 Å². The highest BCUT2D eigenvalue weighted by Gasteiger charge is 2.15. The summed E-state index contributed by atoms with van der Waals surface area (Å²) in [6, 6.07) is 12.1. The van der Waals surface area contributed by atoms with Crippen molar-refractivity contribution in [2.75, 3.05) is 19.0 Å². The molecule has 2 rings (SSSR count). The molecule has 0 aliphatic carbocycles. The molecule has 0 atom stereocenters. The Labute approximate surface area is 148 Å². The highest BCUT2D eigenvalue weighted by Crippen LogP contribution is 2.19. The summed E-state index contributed by atoms with van der Waals surface area (Å²) in [4.78, 5) is 11.3. The number of methoxy groups -OCH3 is 1. The third kappa shape index (κ3) is 5.30. The number of carbonyl (C=O) groups is 1. The molecule has 0 heterocycles. The van der Waals surface area contributed by atoms with E-state index in [9.17, 15) is 13.2 Å². The first kappa shape index (κ1) is 19.0. The molecule has 0 spiro atoms. The van der Waals surface area contributed by atoms with Crippen LogP contribution < -0.4 is 14.8 Å². The van der Waals surface area contributed by atoms with Gasteiger partial charge in [-0.2, -0.15) is 0 Å². The Kier molecular flexibility index (Phi) is 6.17. The summed E-state index contributed by atoms with van der Waals surface area (Å²) in [7, 11) is -2.00. The minimum Gasteiger partial charge on any atom is -0.497 e. The van der Waals surface area contributed by atoms with E-state index in [2.05, 4.69) is 10.0 Å². The van der Waals surface area contributed by atoms with Crippen molar-refractivity contribution >= 4 is 21.6 Å². The number of hydrogen-bond acceptors (Lipinski definition) is 4. The Morgan fingerprint density at radius 1 is 1.12 bits per heavy atom. The Hall–Kier alpha value is -2.38. The summed E-state index contributed by atoms with van der Waals surface area (Å²) in [5.41, 5.74) is 2.30. The first-order chi connectivity index (χ1) is 11.8. The maximum absolute atomic E-state index is 12.4. The van der Waals surface area contributed by atoms with Crippen LogP contribution in [-0.4, -0.2) is 28.0 Å². The number of anilines is 1. The maximum Gasteiger partial charge on any atom is 0.240 e. The van der Waals surface area contributed by atoms with Crippen molar-refractivity contribution in [1.29, 1.82) is 0 Å². The van der Waals surface area contributed by atoms with Gasteiger partial charge in [-0.05, 0) is 54.8 Å². The average molecular weight is 362 g/mol. The lowest BCUT2D eigenvalue weighted by Crippen LogP contribution is -2.26. The lowest BCUT2D eigenvalue weighted by molar-refractivity contribution is -0.114. The van der Waals surface area contributed by atoms with E-state index in [1.165, 1.54) is 13.0 Å². The third-order valence-electron chi connectivity index (χ3n) is 3.68. The highest BCUT2D eigenvalue weighted by atomic mass is 32.2. The predicted octanol–water partition coefficient (Wildman–Crippen LogP) is 2.48. The normalized spacial score (nSPS) is 11.2. The predicted molar refractivity (Wildman–Crippen MR) is 97.4 cm³/mol. The van der Waals surface area contributed by atoms with Gasteiger partial charge < -0.3 is 10.1 Å². The first-order valence-electron chi connectivity index (χ1n) is 7.82. The monoisotopic (exact) mass is 362 g/mol. The molecule has 2 aromatic carbocycles. The number of rotatable bonds is 7. The minimum atomic E-state index is -3.60. The van der Waals surface area contributed by atoms with E-state index in [0.717, 1.165) is 11.3 Å². The van der Waals surface area contributed by atoms with E-state index in [-0.39, 0.29) is 10.8 Å². The fraction of sp³-hybridized carbons (Fsp3) is 0.278. The number of carbonyl (C=O) groups excluding carboxylic acids is 1. The molecule has 0 radical (unpaired) electrons. The summed E-state index contributed by atoms with van der Waals surface area (Å²) < 4.78 is 32.5. The number of sulfonamides is 1. The van der Waals surface area contributed by atoms with Crippen molar-refractivity contribution in [2.45, 2.75) is 25.2 Å². The SMILES string of the molecule is COc1ccc(CCNS(=O)(=O)c2ccc(NC(C)=O)c(C)c2)cc1. The molecule has 0 unspecified atom stereocenters. The fourth-order valence-corrected chi connectivity index (χ4v) is 3.46. The van der Waals surface area contributed by atoms with E-state index < -0.39 is 10.0 Å². The van der Waals surface area contributed by atoms with E-state index >= 15 is 0 Å². The lowest BCUT2D eigenvalue weighted by Gasteiger charge is -2.11. The second-order valence-corrected chi connectivity index (χ2v) is 7.42. The summed E-state index contributed by atoms with van der Waals surface area (Å²) in [6.45, 7) is 3.45. The van der Waals surface area contributed by atoms with Gasteiger partial charge in [0.15, 0.2) is 0 Å². The third-order valence-corrected chi connectivity index (χ3v) is 5.14. The van der Waals surface area contributed by atoms with Gasteiger partial charge in [0.1, 0.15) is 5.75 Å². The van der Waals surface area contributed by atoms with Gasteiger partial charge in [-0.3, -0.25) is 4.79 Å². The molecule has 0 aromatic heterocycles. The van der Waals surface area contributed by atoms with Crippen LogP contribution in [0.25, 0.3) is 0 Å². The van der Waals surface area contributed by atoms with Crippen molar-refractivity contribution < 1.29 is 17.9 Å². The summed E-state index contributed by atoms with van der Waals surface area (Å²) in [6.07, 6.45) is 0.576. The molecule has 2 N–H and O–H groups in total. The van der Waals surface area contributed by atoms with Gasteiger partial charge in [0, 0.05) is 19.2 Å². The summed E-state index contributed by atoms with van der Waals surface area (Å²) in [5, 5.41) is 2.66. The van der Waals surface area contributed by atoms with E-state index in [1.54, 1.807) is 26.2 Å². The molecule has 1 amide bonds. The van der Waals surface area contributed by atoms with E-state index in [1.807, 2.05) is 24.3 Å². The van der Waals surface area contributed by atoms with Crippen LogP contribution in [0, 0.1) is 6.92 Å². The Bertz CT molecular complexity index is 846. The second kappa shape index (κ2) is 8.13. The highest BCUT2D eigenvalue weighted by molar-refractivity contribution is 7.89. The van der Waals surface area contributed by atoms with Crippen LogP contribution in [0.3, 0.4) is 0 Å². The van der Waals surface area contributed by atoms with Crippen molar-refractivity contribution in [3.8, 4) is 5.75 Å². The molecule has 0 aliphatic heterocycles. The van der Waals surface area contributed by atoms with Crippen LogP contribution in [0.2, 0.25) is 0 Å². The summed E-state index contributed by atoms with van der Waals surface area (Å²) in [5.74, 6) is 0.565. The quantitative estimate of drug-likeness (QED) is 0.792. The Morgan fingerprint density at radius 2 is 1.80 bits per heavy atom. The average Bonchev–Trinajstić information content (AvgIpc) is 2.56. The van der Waals surface area contributed by atoms with Gasteiger partial charge in [-0.25, -0.2) is 13.1 Å². The zero-order valence-electron chi connectivity index (χ0n) is 14.5. The molecular formula is C18H22N2O4S. The van der Waals surface area contributed by atoms with Crippen LogP contribution in [0.1, 0.15) is 18.1 Å². The molecule has 7 heteroatoms. The van der Waals surface area contributed by atoms with Gasteiger partial charge in [0.2, 0.25) is 15.9 Å². The van der Waals surface area contributed by atoms with Crippen molar-refractivity contribution in [2.24, 2.45) is 0 Å². The fourth-order valence-electron chi connectivity index (χ4n) is 2.34. The summed E-state index contributed by atoms with van der Waals surface area (Å²) >= 11 is 0. The molecule has 0 fully saturated rings. The molecule has 0 aliphatic rings. The number of hydrogen-bond donors (Lipinski definition) is 2. The molecule has 2 aromatic rings. The number of ether oxygens (including phenoxy) is 1. The topological polar surface area (TPSA) is 84.5 Å². The van der Waals surface area contributed by atoms with Crippen LogP contribution in [0.4, 0.5) is 5.69 Å². The first-order valence-corrected chi connectivity index (χ1v) is 9.31. The largest absolute Gasteiger partial charge is 0.497 e. The van der Waals surface area contributed by atoms with Gasteiger partial charge in [-0.15, -0.1) is 0 Å². The second-order valence-electron chi connectivity index (χ2n) is 5.65. The van der Waals surface area contributed by atoms with Crippen LogP contribution in [0.15, 0.2) is 47.4 Å². The van der Waals surface area contributed by atoms with Gasteiger partial charge in [0.05, 0.1) is 12.0 Å². The lowest BCUT2D eigenvalue weighted by atomic mass is 10.1. The molecule has 0 saturated carbocycles. The minimum absolute atomic E-state index is 0.175. The molecule has 134 valence electrons. The standard InChI is InChI=1S/C18H22N2O4S/c1-13-12-17(8-9-18(13)20-14(2)21)25(22,23)19-11-10-15-4-6-16(24-3)7-5-15/h4-9,12,19H,10-11H2,1-3H3,(H,20,21). The molecule has 0 bridgehead atoms. The Morgan fingerprint density at radius 3 is 2.36 bits per heavy atom. The number of amides is 1. The molecule has 0 saturated heterocycles. The van der Waals surface area contributed by atoms with Gasteiger partial charge in [-0.1, -0.05) is 12.1 Å². The maximum atomic E-state index is 12.4. The number of aryl methyl sites for hydroxylation is 1. The van der Waals surface area contributed by atoms with E-state index in [0.29, 0.717) is 24.2 Å². The number of benzene rings is 2. The Balaban J connectivity index is 2.00. The zero-order chi connectivity index (χ0) is 18.4. The molecule has 25 heavy (non-hydrogen) atoms.